The van der Waals surface area contributed by atoms with E-state index in [0.717, 1.165) is 12.1 Å². The van der Waals surface area contributed by atoms with E-state index in [1.807, 2.05) is 36.1 Å². The second-order valence-corrected chi connectivity index (χ2v) is 10.6. The second kappa shape index (κ2) is 7.27. The molecule has 1 fully saturated rings. The lowest BCUT2D eigenvalue weighted by Gasteiger charge is -2.20. The molecule has 2 atom stereocenters. The normalized spacial score (nSPS) is 22.0. The molecule has 9 heteroatoms. The van der Waals surface area contributed by atoms with Gasteiger partial charge in [-0.3, -0.25) is 4.79 Å². The van der Waals surface area contributed by atoms with E-state index in [4.69, 9.17) is 4.42 Å². The first-order valence-corrected chi connectivity index (χ1v) is 11.7. The van der Waals surface area contributed by atoms with Gasteiger partial charge in [0.2, 0.25) is 11.8 Å². The van der Waals surface area contributed by atoms with Crippen LogP contribution in [-0.2, 0) is 27.5 Å². The van der Waals surface area contributed by atoms with Crippen LogP contribution in [0.4, 0.5) is 5.69 Å². The fourth-order valence-corrected chi connectivity index (χ4v) is 6.26. The van der Waals surface area contributed by atoms with Gasteiger partial charge >= 0.3 is 0 Å². The second-order valence-electron chi connectivity index (χ2n) is 7.06. The summed E-state index contributed by atoms with van der Waals surface area (Å²) in [6.45, 7) is 2.52. The fraction of sp³-hybridized carbons (Fsp3) is 0.500. The van der Waals surface area contributed by atoms with Crippen molar-refractivity contribution < 1.29 is 17.6 Å². The van der Waals surface area contributed by atoms with Crippen molar-refractivity contribution in [2.45, 2.75) is 36.7 Å². The van der Waals surface area contributed by atoms with E-state index in [1.165, 1.54) is 17.3 Å². The Balaban J connectivity index is 1.37. The summed E-state index contributed by atoms with van der Waals surface area (Å²) in [6.07, 6.45) is 1.97. The summed E-state index contributed by atoms with van der Waals surface area (Å²) in [6, 6.07) is 7.95. The van der Waals surface area contributed by atoms with Crippen molar-refractivity contribution in [1.29, 1.82) is 0 Å². The van der Waals surface area contributed by atoms with Gasteiger partial charge in [0.25, 0.3) is 5.22 Å². The lowest BCUT2D eigenvalue weighted by molar-refractivity contribution is -0.117. The lowest BCUT2D eigenvalue weighted by atomic mass is 10.1. The van der Waals surface area contributed by atoms with E-state index in [2.05, 4.69) is 10.2 Å². The zero-order chi connectivity index (χ0) is 19.0. The van der Waals surface area contributed by atoms with Crippen LogP contribution < -0.4 is 4.90 Å². The van der Waals surface area contributed by atoms with Crippen molar-refractivity contribution in [1.82, 2.24) is 10.2 Å². The number of nitrogens with zero attached hydrogens (tertiary/aromatic N) is 3. The molecule has 1 amide bonds. The molecule has 1 aromatic heterocycles. The van der Waals surface area contributed by atoms with Crippen LogP contribution in [0.25, 0.3) is 0 Å². The molecule has 1 aromatic carbocycles. The lowest BCUT2D eigenvalue weighted by Crippen LogP contribution is -2.35. The number of sulfone groups is 1. The Morgan fingerprint density at radius 1 is 1.37 bits per heavy atom. The summed E-state index contributed by atoms with van der Waals surface area (Å²) in [5, 5.41) is 8.03. The Bertz CT molecular complexity index is 957. The molecule has 0 radical (unpaired) electrons. The third kappa shape index (κ3) is 4.03. The molecule has 2 aliphatic heterocycles. The molecule has 0 bridgehead atoms. The average molecular weight is 408 g/mol. The van der Waals surface area contributed by atoms with Crippen LogP contribution in [0.1, 0.15) is 24.8 Å². The van der Waals surface area contributed by atoms with Gasteiger partial charge in [0, 0.05) is 18.7 Å². The number of hydrogen-bond donors (Lipinski definition) is 0. The summed E-state index contributed by atoms with van der Waals surface area (Å²) in [4.78, 5) is 14.6. The highest BCUT2D eigenvalue weighted by Crippen LogP contribution is 2.31. The third-order valence-electron chi connectivity index (χ3n) is 5.02. The maximum Gasteiger partial charge on any atom is 0.277 e. The molecule has 2 aromatic rings. The molecular weight excluding hydrogens is 386 g/mol. The molecule has 2 aliphatic rings. The van der Waals surface area contributed by atoms with Crippen molar-refractivity contribution in [3.8, 4) is 0 Å². The molecule has 7 nitrogen and oxygen atoms in total. The van der Waals surface area contributed by atoms with Crippen molar-refractivity contribution in [3.63, 3.8) is 0 Å². The van der Waals surface area contributed by atoms with Crippen molar-refractivity contribution >= 4 is 33.2 Å². The van der Waals surface area contributed by atoms with Crippen LogP contribution in [0.3, 0.4) is 0 Å². The Morgan fingerprint density at radius 2 is 2.19 bits per heavy atom. The Labute approximate surface area is 162 Å². The van der Waals surface area contributed by atoms with Crippen LogP contribution >= 0.6 is 11.8 Å². The van der Waals surface area contributed by atoms with E-state index in [9.17, 15) is 13.2 Å². The molecule has 3 heterocycles. The minimum atomic E-state index is -2.92. The maximum atomic E-state index is 12.8. The first-order valence-electron chi connectivity index (χ1n) is 9.00. The van der Waals surface area contributed by atoms with Crippen LogP contribution in [0.2, 0.25) is 0 Å². The molecule has 0 spiro atoms. The van der Waals surface area contributed by atoms with Crippen LogP contribution in [0.5, 0.6) is 0 Å². The molecule has 0 saturated carbocycles. The molecule has 144 valence electrons. The number of carbonyl (C=O) groups excluding carboxylic acids is 1. The number of para-hydroxylation sites is 1. The van der Waals surface area contributed by atoms with Gasteiger partial charge in [-0.25, -0.2) is 8.42 Å². The van der Waals surface area contributed by atoms with Gasteiger partial charge in [0.15, 0.2) is 9.84 Å². The van der Waals surface area contributed by atoms with Gasteiger partial charge in [-0.2, -0.15) is 0 Å². The van der Waals surface area contributed by atoms with Gasteiger partial charge < -0.3 is 9.32 Å². The predicted octanol–water partition coefficient (Wildman–Crippen LogP) is 2.12. The smallest absolute Gasteiger partial charge is 0.277 e. The summed E-state index contributed by atoms with van der Waals surface area (Å²) in [5.74, 6) is 0.906. The Kier molecular flexibility index (Phi) is 4.98. The number of anilines is 1. The zero-order valence-corrected chi connectivity index (χ0v) is 16.6. The van der Waals surface area contributed by atoms with Crippen molar-refractivity contribution in [3.05, 3.63) is 35.7 Å². The monoisotopic (exact) mass is 407 g/mol. The minimum absolute atomic E-state index is 0.0200. The first-order chi connectivity index (χ1) is 12.9. The van der Waals surface area contributed by atoms with E-state index in [1.54, 1.807) is 0 Å². The Hall–Kier alpha value is -1.87. The number of carbonyl (C=O) groups is 1. The topological polar surface area (TPSA) is 93.4 Å². The number of thioether (sulfide) groups is 1. The molecule has 2 unspecified atom stereocenters. The SMILES string of the molecule is CC(Sc1nnc(CC2CCS(=O)(=O)C2)o1)C(=O)N1CCc2ccccc21. The molecule has 27 heavy (non-hydrogen) atoms. The number of aromatic nitrogens is 2. The standard InChI is InChI=1S/C18H21N3O4S2/c1-12(17(22)21-8-6-14-4-2-3-5-15(14)21)26-18-20-19-16(25-18)10-13-7-9-27(23,24)11-13/h2-5,12-13H,6-11H2,1H3. The largest absolute Gasteiger partial charge is 0.416 e. The highest BCUT2D eigenvalue weighted by molar-refractivity contribution is 8.00. The number of fused-ring (bicyclic) bond motifs is 1. The summed E-state index contributed by atoms with van der Waals surface area (Å²) >= 11 is 1.24. The van der Waals surface area contributed by atoms with Gasteiger partial charge in [0.1, 0.15) is 0 Å². The summed E-state index contributed by atoms with van der Waals surface area (Å²) in [7, 11) is -2.92. The molecule has 4 rings (SSSR count). The van der Waals surface area contributed by atoms with Gasteiger partial charge in [-0.15, -0.1) is 10.2 Å². The molecular formula is C18H21N3O4S2. The Morgan fingerprint density at radius 3 is 2.96 bits per heavy atom. The highest BCUT2D eigenvalue weighted by atomic mass is 32.2. The molecule has 1 saturated heterocycles. The van der Waals surface area contributed by atoms with Crippen molar-refractivity contribution in [2.24, 2.45) is 5.92 Å². The van der Waals surface area contributed by atoms with E-state index in [-0.39, 0.29) is 28.6 Å². The molecule has 0 aliphatic carbocycles. The predicted molar refractivity (Wildman–Crippen MR) is 103 cm³/mol. The van der Waals surface area contributed by atoms with E-state index < -0.39 is 9.84 Å². The van der Waals surface area contributed by atoms with Gasteiger partial charge in [0.05, 0.1) is 16.8 Å². The van der Waals surface area contributed by atoms with E-state index in [0.29, 0.717) is 30.5 Å². The van der Waals surface area contributed by atoms with Crippen LogP contribution in [0, 0.1) is 5.92 Å². The summed E-state index contributed by atoms with van der Waals surface area (Å²) < 4.78 is 28.8. The van der Waals surface area contributed by atoms with Gasteiger partial charge in [-0.1, -0.05) is 30.0 Å². The zero-order valence-electron chi connectivity index (χ0n) is 15.0. The van der Waals surface area contributed by atoms with Gasteiger partial charge in [-0.05, 0) is 37.3 Å². The number of amides is 1. The first kappa shape index (κ1) is 18.5. The maximum absolute atomic E-state index is 12.8. The highest BCUT2D eigenvalue weighted by Gasteiger charge is 2.31. The van der Waals surface area contributed by atoms with Crippen LogP contribution in [-0.4, -0.2) is 47.8 Å². The minimum Gasteiger partial charge on any atom is -0.416 e. The summed E-state index contributed by atoms with van der Waals surface area (Å²) in [5.41, 5.74) is 2.17. The number of hydrogen-bond acceptors (Lipinski definition) is 7. The van der Waals surface area contributed by atoms with Crippen molar-refractivity contribution in [2.75, 3.05) is 23.0 Å². The number of benzene rings is 1. The third-order valence-corrected chi connectivity index (χ3v) is 7.78. The quantitative estimate of drug-likeness (QED) is 0.701. The number of rotatable bonds is 5. The fourth-order valence-electron chi connectivity index (χ4n) is 3.64. The van der Waals surface area contributed by atoms with Crippen LogP contribution in [0.15, 0.2) is 33.9 Å². The molecule has 0 N–H and O–H groups in total. The van der Waals surface area contributed by atoms with E-state index >= 15 is 0 Å². The average Bonchev–Trinajstić information content (AvgIpc) is 3.33.